The number of nitrogens with zero attached hydrogens (tertiary/aromatic N) is 3. The van der Waals surface area contributed by atoms with E-state index in [0.29, 0.717) is 12.2 Å². The molecule has 0 bridgehead atoms. The molecule has 2 amide bonds. The monoisotopic (exact) mass is 313 g/mol. The normalized spacial score (nSPS) is 10.4. The minimum absolute atomic E-state index is 0.248. The first-order valence-electron chi connectivity index (χ1n) is 6.76. The van der Waals surface area contributed by atoms with E-state index in [9.17, 15) is 4.79 Å². The Morgan fingerprint density at radius 1 is 1.32 bits per heavy atom. The number of hydrogen-bond acceptors (Lipinski definition) is 4. The molecule has 3 heterocycles. The average Bonchev–Trinajstić information content (AvgIpc) is 3.17. The molecular formula is C15H15N5OS. The summed E-state index contributed by atoms with van der Waals surface area (Å²) >= 11 is 1.61. The third kappa shape index (κ3) is 3.32. The molecule has 0 aliphatic rings. The van der Waals surface area contributed by atoms with Gasteiger partial charge in [0.2, 0.25) is 0 Å². The summed E-state index contributed by atoms with van der Waals surface area (Å²) < 4.78 is 1.88. The molecule has 3 aromatic rings. The van der Waals surface area contributed by atoms with Crippen LogP contribution >= 0.6 is 11.3 Å². The van der Waals surface area contributed by atoms with Crippen molar-refractivity contribution in [3.05, 3.63) is 58.9 Å². The molecule has 0 aromatic carbocycles. The predicted octanol–water partition coefficient (Wildman–Crippen LogP) is 2.96. The minimum atomic E-state index is -0.248. The number of carbonyl (C=O) groups is 1. The largest absolute Gasteiger partial charge is 0.333 e. The first-order valence-corrected chi connectivity index (χ1v) is 7.64. The lowest BCUT2D eigenvalue weighted by molar-refractivity contribution is 0.252. The van der Waals surface area contributed by atoms with Crippen LogP contribution in [0.5, 0.6) is 0 Å². The quantitative estimate of drug-likeness (QED) is 0.778. The number of carbonyl (C=O) groups excluding carboxylic acids is 1. The molecule has 112 valence electrons. The maximum absolute atomic E-state index is 11.8. The molecule has 0 aliphatic carbocycles. The molecule has 0 radical (unpaired) electrons. The van der Waals surface area contributed by atoms with Crippen molar-refractivity contribution in [2.75, 3.05) is 5.32 Å². The lowest BCUT2D eigenvalue weighted by Crippen LogP contribution is -2.27. The van der Waals surface area contributed by atoms with Crippen molar-refractivity contribution in [2.45, 2.75) is 13.5 Å². The summed E-state index contributed by atoms with van der Waals surface area (Å²) in [6.07, 6.45) is 5.19. The number of thiophene rings is 1. The van der Waals surface area contributed by atoms with E-state index in [1.807, 2.05) is 47.3 Å². The summed E-state index contributed by atoms with van der Waals surface area (Å²) in [5.41, 5.74) is 0.644. The van der Waals surface area contributed by atoms with Gasteiger partial charge in [0, 0.05) is 17.3 Å². The van der Waals surface area contributed by atoms with Crippen LogP contribution in [0.3, 0.4) is 0 Å². The summed E-state index contributed by atoms with van der Waals surface area (Å²) in [5, 5.41) is 7.54. The second-order valence-corrected chi connectivity index (χ2v) is 5.67. The Hall–Kier alpha value is -2.67. The number of nitrogens with one attached hydrogen (secondary N) is 2. The smallest absolute Gasteiger partial charge is 0.319 e. The molecule has 0 aliphatic heterocycles. The van der Waals surface area contributed by atoms with E-state index in [-0.39, 0.29) is 6.03 Å². The van der Waals surface area contributed by atoms with Gasteiger partial charge in [0.15, 0.2) is 0 Å². The van der Waals surface area contributed by atoms with Crippen molar-refractivity contribution in [3.63, 3.8) is 0 Å². The Morgan fingerprint density at radius 2 is 2.23 bits per heavy atom. The van der Waals surface area contributed by atoms with E-state index < -0.39 is 0 Å². The third-order valence-corrected chi connectivity index (χ3v) is 3.96. The van der Waals surface area contributed by atoms with Crippen molar-refractivity contribution in [3.8, 4) is 5.82 Å². The van der Waals surface area contributed by atoms with Crippen LogP contribution in [0.4, 0.5) is 10.5 Å². The van der Waals surface area contributed by atoms with E-state index in [0.717, 1.165) is 16.5 Å². The molecule has 22 heavy (non-hydrogen) atoms. The highest BCUT2D eigenvalue weighted by Gasteiger charge is 2.05. The molecule has 2 N–H and O–H groups in total. The maximum Gasteiger partial charge on any atom is 0.319 e. The van der Waals surface area contributed by atoms with Crippen LogP contribution in [0.1, 0.15) is 10.7 Å². The van der Waals surface area contributed by atoms with E-state index in [1.165, 1.54) is 0 Å². The summed E-state index contributed by atoms with van der Waals surface area (Å²) in [6.45, 7) is 2.43. The number of anilines is 1. The summed E-state index contributed by atoms with van der Waals surface area (Å²) in [4.78, 5) is 21.4. The Morgan fingerprint density at radius 3 is 2.86 bits per heavy atom. The molecule has 3 aromatic heterocycles. The second-order valence-electron chi connectivity index (χ2n) is 4.64. The third-order valence-electron chi connectivity index (χ3n) is 3.08. The van der Waals surface area contributed by atoms with Gasteiger partial charge < -0.3 is 10.6 Å². The number of hydrogen-bond donors (Lipinski definition) is 2. The van der Waals surface area contributed by atoms with E-state index >= 15 is 0 Å². The van der Waals surface area contributed by atoms with E-state index in [4.69, 9.17) is 0 Å². The highest BCUT2D eigenvalue weighted by Crippen LogP contribution is 2.12. The van der Waals surface area contributed by atoms with Crippen molar-refractivity contribution in [1.82, 2.24) is 19.9 Å². The van der Waals surface area contributed by atoms with Crippen LogP contribution in [-0.4, -0.2) is 20.6 Å². The SMILES string of the molecule is Cc1nccn1-c1ccc(NC(=O)NCc2cccs2)cn1. The van der Waals surface area contributed by atoms with Gasteiger partial charge in [-0.3, -0.25) is 4.57 Å². The van der Waals surface area contributed by atoms with Gasteiger partial charge in [-0.05, 0) is 30.5 Å². The average molecular weight is 313 g/mol. The van der Waals surface area contributed by atoms with Crippen molar-refractivity contribution in [1.29, 1.82) is 0 Å². The van der Waals surface area contributed by atoms with Gasteiger partial charge in [0.1, 0.15) is 11.6 Å². The molecule has 0 saturated heterocycles. The number of aromatic nitrogens is 3. The molecule has 3 rings (SSSR count). The fourth-order valence-electron chi connectivity index (χ4n) is 1.98. The van der Waals surface area contributed by atoms with E-state index in [2.05, 4.69) is 20.6 Å². The number of rotatable bonds is 4. The van der Waals surface area contributed by atoms with Gasteiger partial charge in [0.25, 0.3) is 0 Å². The molecule has 0 spiro atoms. The fraction of sp³-hybridized carbons (Fsp3) is 0.133. The first-order chi connectivity index (χ1) is 10.7. The number of pyridine rings is 1. The van der Waals surface area contributed by atoms with Crippen LogP contribution in [0.25, 0.3) is 5.82 Å². The zero-order chi connectivity index (χ0) is 15.4. The van der Waals surface area contributed by atoms with E-state index in [1.54, 1.807) is 23.7 Å². The van der Waals surface area contributed by atoms with Crippen molar-refractivity contribution < 1.29 is 4.79 Å². The number of urea groups is 1. The van der Waals surface area contributed by atoms with Gasteiger partial charge in [-0.1, -0.05) is 6.07 Å². The predicted molar refractivity (Wildman–Crippen MR) is 86.3 cm³/mol. The minimum Gasteiger partial charge on any atom is -0.333 e. The van der Waals surface area contributed by atoms with Gasteiger partial charge in [-0.25, -0.2) is 14.8 Å². The van der Waals surface area contributed by atoms with Crippen LogP contribution in [0, 0.1) is 6.92 Å². The second kappa shape index (κ2) is 6.40. The summed E-state index contributed by atoms with van der Waals surface area (Å²) in [7, 11) is 0. The number of aryl methyl sites for hydroxylation is 1. The highest BCUT2D eigenvalue weighted by atomic mass is 32.1. The molecule has 6 nitrogen and oxygen atoms in total. The summed E-state index contributed by atoms with van der Waals surface area (Å²) in [5.74, 6) is 1.63. The Bertz CT molecular complexity index is 749. The zero-order valence-electron chi connectivity index (χ0n) is 12.0. The molecule has 0 fully saturated rings. The van der Waals surface area contributed by atoms with Crippen molar-refractivity contribution in [2.24, 2.45) is 0 Å². The summed E-state index contributed by atoms with van der Waals surface area (Å²) in [6, 6.07) is 7.34. The number of amides is 2. The van der Waals surface area contributed by atoms with Crippen LogP contribution < -0.4 is 10.6 Å². The van der Waals surface area contributed by atoms with Crippen LogP contribution in [0.2, 0.25) is 0 Å². The van der Waals surface area contributed by atoms with Crippen molar-refractivity contribution >= 4 is 23.1 Å². The van der Waals surface area contributed by atoms with Crippen LogP contribution in [-0.2, 0) is 6.54 Å². The number of imidazole rings is 1. The molecule has 0 unspecified atom stereocenters. The standard InChI is InChI=1S/C15H15N5OS/c1-11-16-6-7-20(11)14-5-4-12(9-17-14)19-15(21)18-10-13-3-2-8-22-13/h2-9H,10H2,1H3,(H2,18,19,21). The Balaban J connectivity index is 1.59. The molecule has 0 atom stereocenters. The molecule has 7 heteroatoms. The lowest BCUT2D eigenvalue weighted by Gasteiger charge is -2.08. The topological polar surface area (TPSA) is 71.8 Å². The highest BCUT2D eigenvalue weighted by molar-refractivity contribution is 7.09. The maximum atomic E-state index is 11.8. The Kier molecular flexibility index (Phi) is 4.15. The van der Waals surface area contributed by atoms with Gasteiger partial charge in [-0.2, -0.15) is 0 Å². The molecule has 0 saturated carbocycles. The van der Waals surface area contributed by atoms with Gasteiger partial charge in [0.05, 0.1) is 18.4 Å². The first kappa shape index (κ1) is 14.3. The zero-order valence-corrected chi connectivity index (χ0v) is 12.8. The van der Waals surface area contributed by atoms with Crippen LogP contribution in [0.15, 0.2) is 48.2 Å². The fourth-order valence-corrected chi connectivity index (χ4v) is 2.62. The Labute approximate surface area is 131 Å². The van der Waals surface area contributed by atoms with Gasteiger partial charge >= 0.3 is 6.03 Å². The molecular weight excluding hydrogens is 298 g/mol. The van der Waals surface area contributed by atoms with Gasteiger partial charge in [-0.15, -0.1) is 11.3 Å². The lowest BCUT2D eigenvalue weighted by atomic mass is 10.4.